The molecule has 1 atom stereocenters. The van der Waals surface area contributed by atoms with Crippen LogP contribution in [0.5, 0.6) is 5.75 Å². The zero-order chi connectivity index (χ0) is 19.6. The van der Waals surface area contributed by atoms with E-state index in [1.165, 1.54) is 4.31 Å². The predicted octanol–water partition coefficient (Wildman–Crippen LogP) is 2.31. The van der Waals surface area contributed by atoms with E-state index >= 15 is 0 Å². The van der Waals surface area contributed by atoms with Gasteiger partial charge in [0, 0.05) is 12.8 Å². The van der Waals surface area contributed by atoms with Gasteiger partial charge in [-0.05, 0) is 42.3 Å². The summed E-state index contributed by atoms with van der Waals surface area (Å²) in [5.74, 6) is -0.0367. The van der Waals surface area contributed by atoms with Crippen LogP contribution in [-0.4, -0.2) is 40.3 Å². The highest BCUT2D eigenvalue weighted by Gasteiger charge is 2.35. The first-order valence-corrected chi connectivity index (χ1v) is 10.3. The van der Waals surface area contributed by atoms with E-state index in [0.717, 1.165) is 17.4 Å². The summed E-state index contributed by atoms with van der Waals surface area (Å²) in [4.78, 5) is 12.7. The van der Waals surface area contributed by atoms with Crippen molar-refractivity contribution in [2.45, 2.75) is 19.6 Å². The molecule has 0 aromatic heterocycles. The van der Waals surface area contributed by atoms with Crippen LogP contribution in [0.3, 0.4) is 0 Å². The van der Waals surface area contributed by atoms with Crippen molar-refractivity contribution in [2.75, 3.05) is 29.5 Å². The maximum atomic E-state index is 12.7. The van der Waals surface area contributed by atoms with Crippen LogP contribution in [0.1, 0.15) is 11.1 Å². The first-order chi connectivity index (χ1) is 12.8. The van der Waals surface area contributed by atoms with Crippen molar-refractivity contribution < 1.29 is 22.7 Å². The molecule has 1 aliphatic rings. The highest BCUT2D eigenvalue weighted by molar-refractivity contribution is 7.92. The Morgan fingerprint density at radius 1 is 1.30 bits per heavy atom. The Morgan fingerprint density at radius 2 is 2.07 bits per heavy atom. The van der Waals surface area contributed by atoms with Crippen LogP contribution in [0.15, 0.2) is 42.5 Å². The number of amides is 1. The summed E-state index contributed by atoms with van der Waals surface area (Å²) in [5, 5.41) is 2.79. The number of sulfonamides is 1. The fraction of sp³-hybridized carbons (Fsp3) is 0.316. The SMILES string of the molecule is COCc1cccc(NC(=O)[C@H]2CN(S(C)(=O)=O)c3ccc(C)cc3O2)c1. The number of nitrogens with zero attached hydrogens (tertiary/aromatic N) is 1. The standard InChI is InChI=1S/C19H22N2O5S/c1-13-7-8-16-17(9-13)26-18(11-21(16)27(3,23)24)19(22)20-15-6-4-5-14(10-15)12-25-2/h4-10,18H,11-12H2,1-3H3,(H,20,22)/t18-/m1/s1. The fourth-order valence-corrected chi connectivity index (χ4v) is 3.85. The Balaban J connectivity index is 1.84. The number of ether oxygens (including phenoxy) is 2. The largest absolute Gasteiger partial charge is 0.476 e. The molecule has 27 heavy (non-hydrogen) atoms. The highest BCUT2D eigenvalue weighted by atomic mass is 32.2. The average Bonchev–Trinajstić information content (AvgIpc) is 2.60. The van der Waals surface area contributed by atoms with Crippen molar-refractivity contribution in [1.29, 1.82) is 0 Å². The molecule has 0 unspecified atom stereocenters. The third-order valence-electron chi connectivity index (χ3n) is 4.18. The average molecular weight is 390 g/mol. The van der Waals surface area contributed by atoms with E-state index in [2.05, 4.69) is 5.32 Å². The van der Waals surface area contributed by atoms with E-state index in [9.17, 15) is 13.2 Å². The molecule has 0 saturated heterocycles. The third-order valence-corrected chi connectivity index (χ3v) is 5.33. The molecule has 0 bridgehead atoms. The van der Waals surface area contributed by atoms with Gasteiger partial charge >= 0.3 is 0 Å². The molecule has 1 heterocycles. The van der Waals surface area contributed by atoms with E-state index in [1.807, 2.05) is 25.1 Å². The molecule has 0 spiro atoms. The van der Waals surface area contributed by atoms with Gasteiger partial charge in [-0.3, -0.25) is 9.10 Å². The number of benzene rings is 2. The molecule has 1 amide bonds. The van der Waals surface area contributed by atoms with Crippen molar-refractivity contribution in [3.05, 3.63) is 53.6 Å². The monoisotopic (exact) mass is 390 g/mol. The van der Waals surface area contributed by atoms with Gasteiger partial charge in [0.2, 0.25) is 10.0 Å². The van der Waals surface area contributed by atoms with Gasteiger partial charge in [0.25, 0.3) is 5.91 Å². The lowest BCUT2D eigenvalue weighted by molar-refractivity contribution is -0.122. The first-order valence-electron chi connectivity index (χ1n) is 8.41. The van der Waals surface area contributed by atoms with Crippen LogP contribution in [0.25, 0.3) is 0 Å². The summed E-state index contributed by atoms with van der Waals surface area (Å²) in [6.07, 6.45) is 0.158. The maximum Gasteiger partial charge on any atom is 0.267 e. The van der Waals surface area contributed by atoms with Gasteiger partial charge in [-0.1, -0.05) is 18.2 Å². The first kappa shape index (κ1) is 19.2. The van der Waals surface area contributed by atoms with Gasteiger partial charge in [0.05, 0.1) is 25.1 Å². The minimum absolute atomic E-state index is 0.0848. The second-order valence-corrected chi connectivity index (χ2v) is 8.40. The Morgan fingerprint density at radius 3 is 2.78 bits per heavy atom. The van der Waals surface area contributed by atoms with Crippen molar-refractivity contribution in [3.8, 4) is 5.75 Å². The molecule has 3 rings (SSSR count). The number of carbonyl (C=O) groups excluding carboxylic acids is 1. The fourth-order valence-electron chi connectivity index (χ4n) is 2.94. The van der Waals surface area contributed by atoms with E-state index in [0.29, 0.717) is 23.7 Å². The maximum absolute atomic E-state index is 12.7. The van der Waals surface area contributed by atoms with E-state index in [-0.39, 0.29) is 6.54 Å². The summed E-state index contributed by atoms with van der Waals surface area (Å²) in [7, 11) is -1.95. The molecule has 1 N–H and O–H groups in total. The van der Waals surface area contributed by atoms with Crippen LogP contribution in [0.2, 0.25) is 0 Å². The van der Waals surface area contributed by atoms with Crippen LogP contribution in [0.4, 0.5) is 11.4 Å². The number of fused-ring (bicyclic) bond motifs is 1. The quantitative estimate of drug-likeness (QED) is 0.847. The lowest BCUT2D eigenvalue weighted by Gasteiger charge is -2.34. The van der Waals surface area contributed by atoms with Crippen molar-refractivity contribution in [1.82, 2.24) is 0 Å². The van der Waals surface area contributed by atoms with Crippen molar-refractivity contribution >= 4 is 27.3 Å². The van der Waals surface area contributed by atoms with Crippen LogP contribution < -0.4 is 14.4 Å². The third kappa shape index (κ3) is 4.40. The molecule has 0 aliphatic carbocycles. The molecule has 7 nitrogen and oxygen atoms in total. The molecular formula is C19H22N2O5S. The minimum atomic E-state index is -3.55. The summed E-state index contributed by atoms with van der Waals surface area (Å²) in [5.41, 5.74) is 2.86. The van der Waals surface area contributed by atoms with Crippen LogP contribution in [0, 0.1) is 6.92 Å². The Hall–Kier alpha value is -2.58. The smallest absolute Gasteiger partial charge is 0.267 e. The molecule has 8 heteroatoms. The summed E-state index contributed by atoms with van der Waals surface area (Å²) in [6.45, 7) is 2.22. The molecule has 0 radical (unpaired) electrons. The normalized spacial score (nSPS) is 16.4. The predicted molar refractivity (Wildman–Crippen MR) is 104 cm³/mol. The number of hydrogen-bond acceptors (Lipinski definition) is 5. The summed E-state index contributed by atoms with van der Waals surface area (Å²) >= 11 is 0. The molecule has 144 valence electrons. The number of rotatable bonds is 5. The zero-order valence-corrected chi connectivity index (χ0v) is 16.2. The minimum Gasteiger partial charge on any atom is -0.476 e. The van der Waals surface area contributed by atoms with Gasteiger partial charge in [-0.25, -0.2) is 8.42 Å². The number of aryl methyl sites for hydroxylation is 1. The van der Waals surface area contributed by atoms with Gasteiger partial charge in [-0.2, -0.15) is 0 Å². The molecule has 2 aromatic carbocycles. The molecule has 1 aliphatic heterocycles. The van der Waals surface area contributed by atoms with Gasteiger partial charge in [-0.15, -0.1) is 0 Å². The lowest BCUT2D eigenvalue weighted by Crippen LogP contribution is -2.48. The second-order valence-electron chi connectivity index (χ2n) is 6.49. The Kier molecular flexibility index (Phi) is 5.38. The topological polar surface area (TPSA) is 84.9 Å². The van der Waals surface area contributed by atoms with Gasteiger partial charge in [0.15, 0.2) is 6.10 Å². The van der Waals surface area contributed by atoms with Gasteiger partial charge < -0.3 is 14.8 Å². The number of methoxy groups -OCH3 is 1. The molecule has 0 fully saturated rings. The van der Waals surface area contributed by atoms with E-state index < -0.39 is 22.0 Å². The van der Waals surface area contributed by atoms with Crippen LogP contribution >= 0.6 is 0 Å². The number of carbonyl (C=O) groups is 1. The van der Waals surface area contributed by atoms with E-state index in [4.69, 9.17) is 9.47 Å². The molecular weight excluding hydrogens is 368 g/mol. The summed E-state index contributed by atoms with van der Waals surface area (Å²) < 4.78 is 36.5. The van der Waals surface area contributed by atoms with Crippen LogP contribution in [-0.2, 0) is 26.2 Å². The molecule has 2 aromatic rings. The Bertz CT molecular complexity index is 958. The highest BCUT2D eigenvalue weighted by Crippen LogP contribution is 2.35. The number of hydrogen-bond donors (Lipinski definition) is 1. The number of nitrogens with one attached hydrogen (secondary N) is 1. The second kappa shape index (κ2) is 7.58. The molecule has 0 saturated carbocycles. The van der Waals surface area contributed by atoms with Gasteiger partial charge in [0.1, 0.15) is 5.75 Å². The Labute approximate surface area is 158 Å². The summed E-state index contributed by atoms with van der Waals surface area (Å²) in [6, 6.07) is 12.5. The number of anilines is 2. The van der Waals surface area contributed by atoms with Crippen molar-refractivity contribution in [2.24, 2.45) is 0 Å². The zero-order valence-electron chi connectivity index (χ0n) is 15.4. The van der Waals surface area contributed by atoms with Crippen molar-refractivity contribution in [3.63, 3.8) is 0 Å². The lowest BCUT2D eigenvalue weighted by atomic mass is 10.1. The van der Waals surface area contributed by atoms with E-state index in [1.54, 1.807) is 31.4 Å².